The number of hydrogen-bond acceptors (Lipinski definition) is 4. The Kier molecular flexibility index (Phi) is 6.98. The van der Waals surface area contributed by atoms with Crippen molar-refractivity contribution in [3.05, 3.63) is 119 Å². The number of thiazole rings is 1. The highest BCUT2D eigenvalue weighted by Gasteiger charge is 2.15. The molecule has 1 aromatic heterocycles. The summed E-state index contributed by atoms with van der Waals surface area (Å²) in [7, 11) is 0. The van der Waals surface area contributed by atoms with E-state index in [1.54, 1.807) is 11.3 Å². The van der Waals surface area contributed by atoms with Crippen LogP contribution in [0.5, 0.6) is 0 Å². The van der Waals surface area contributed by atoms with Crippen molar-refractivity contribution in [1.82, 2.24) is 9.88 Å². The molecule has 174 valence electrons. The monoisotopic (exact) mass is 477 g/mol. The number of carbonyl (C=O) groups is 1. The zero-order valence-corrected chi connectivity index (χ0v) is 20.5. The summed E-state index contributed by atoms with van der Waals surface area (Å²) in [5, 5.41) is 3.05. The number of nitrogens with one attached hydrogen (secondary N) is 1. The molecule has 5 heteroatoms. The van der Waals surface area contributed by atoms with Gasteiger partial charge in [-0.05, 0) is 59.1 Å². The number of amides is 1. The summed E-state index contributed by atoms with van der Waals surface area (Å²) in [6.45, 7) is 4.70. The van der Waals surface area contributed by atoms with E-state index < -0.39 is 0 Å². The third-order valence-corrected chi connectivity index (χ3v) is 6.94. The topological polar surface area (TPSA) is 45.2 Å². The maximum atomic E-state index is 13.2. The molecule has 0 saturated heterocycles. The zero-order chi connectivity index (χ0) is 24.0. The normalized spacial score (nSPS) is 11.1. The summed E-state index contributed by atoms with van der Waals surface area (Å²) in [6.07, 6.45) is 0. The second-order valence-electron chi connectivity index (χ2n) is 8.52. The first kappa shape index (κ1) is 23.0. The zero-order valence-electron chi connectivity index (χ0n) is 19.6. The Balaban J connectivity index is 1.43. The summed E-state index contributed by atoms with van der Waals surface area (Å²) in [6, 6.07) is 32.7. The van der Waals surface area contributed by atoms with Gasteiger partial charge in [-0.2, -0.15) is 0 Å². The molecule has 4 nitrogen and oxygen atoms in total. The minimum Gasteiger partial charge on any atom is -0.322 e. The summed E-state index contributed by atoms with van der Waals surface area (Å²) in [5.74, 6) is -0.119. The molecule has 5 rings (SSSR count). The maximum absolute atomic E-state index is 13.2. The first-order valence-corrected chi connectivity index (χ1v) is 12.7. The van der Waals surface area contributed by atoms with E-state index in [4.69, 9.17) is 0 Å². The van der Waals surface area contributed by atoms with Gasteiger partial charge in [0.2, 0.25) is 0 Å². The quantitative estimate of drug-likeness (QED) is 0.256. The average molecular weight is 478 g/mol. The van der Waals surface area contributed by atoms with Crippen LogP contribution in [0.25, 0.3) is 21.3 Å². The van der Waals surface area contributed by atoms with Gasteiger partial charge in [-0.1, -0.05) is 73.7 Å². The van der Waals surface area contributed by atoms with Gasteiger partial charge in [0.05, 0.1) is 15.7 Å². The highest BCUT2D eigenvalue weighted by atomic mass is 32.1. The van der Waals surface area contributed by atoms with Gasteiger partial charge in [0.25, 0.3) is 5.91 Å². The second-order valence-corrected chi connectivity index (χ2v) is 9.40. The predicted molar refractivity (Wildman–Crippen MR) is 146 cm³/mol. The number of benzene rings is 4. The van der Waals surface area contributed by atoms with Crippen molar-refractivity contribution < 1.29 is 4.79 Å². The molecular formula is C30H27N3OS. The average Bonchev–Trinajstić information content (AvgIpc) is 3.37. The van der Waals surface area contributed by atoms with Crippen molar-refractivity contribution in [2.45, 2.75) is 20.0 Å². The molecule has 0 spiro atoms. The maximum Gasteiger partial charge on any atom is 0.255 e. The molecule has 4 aromatic carbocycles. The number of nitrogens with zero attached hydrogens (tertiary/aromatic N) is 2. The van der Waals surface area contributed by atoms with E-state index in [1.807, 2.05) is 48.0 Å². The van der Waals surface area contributed by atoms with Gasteiger partial charge in [0.15, 0.2) is 0 Å². The first-order chi connectivity index (χ1) is 17.2. The van der Waals surface area contributed by atoms with E-state index in [1.165, 1.54) is 5.56 Å². The molecule has 1 amide bonds. The minimum absolute atomic E-state index is 0.119. The van der Waals surface area contributed by atoms with Crippen LogP contribution in [0.4, 0.5) is 5.69 Å². The van der Waals surface area contributed by atoms with E-state index >= 15 is 0 Å². The van der Waals surface area contributed by atoms with Crippen molar-refractivity contribution in [2.75, 3.05) is 11.9 Å². The molecule has 1 N–H and O–H groups in total. The molecule has 0 saturated carbocycles. The Morgan fingerprint density at radius 3 is 2.43 bits per heavy atom. The number of hydrogen-bond donors (Lipinski definition) is 1. The van der Waals surface area contributed by atoms with Crippen LogP contribution in [0.1, 0.15) is 28.4 Å². The summed E-state index contributed by atoms with van der Waals surface area (Å²) in [5.41, 5.74) is 8.83. The SMILES string of the molecule is CCN(Cc1ccccc1)Cc1cc(C(=O)Nc2ccc3scnc3c2)ccc1-c1ccccc1. The van der Waals surface area contributed by atoms with E-state index in [9.17, 15) is 4.79 Å². The molecule has 5 aromatic rings. The van der Waals surface area contributed by atoms with E-state index in [0.29, 0.717) is 5.56 Å². The summed E-state index contributed by atoms with van der Waals surface area (Å²) < 4.78 is 1.11. The van der Waals surface area contributed by atoms with Gasteiger partial charge in [0.1, 0.15) is 0 Å². The number of rotatable bonds is 8. The van der Waals surface area contributed by atoms with Gasteiger partial charge in [-0.25, -0.2) is 4.98 Å². The lowest BCUT2D eigenvalue weighted by Crippen LogP contribution is -2.23. The first-order valence-electron chi connectivity index (χ1n) is 11.8. The fourth-order valence-corrected chi connectivity index (χ4v) is 4.92. The molecule has 0 aliphatic carbocycles. The van der Waals surface area contributed by atoms with Crippen LogP contribution in [0.3, 0.4) is 0 Å². The van der Waals surface area contributed by atoms with Crippen molar-refractivity contribution in [2.24, 2.45) is 0 Å². The van der Waals surface area contributed by atoms with Crippen LogP contribution in [0.2, 0.25) is 0 Å². The van der Waals surface area contributed by atoms with Crippen LogP contribution in [-0.2, 0) is 13.1 Å². The van der Waals surface area contributed by atoms with Crippen molar-refractivity contribution in [3.8, 4) is 11.1 Å². The largest absolute Gasteiger partial charge is 0.322 e. The lowest BCUT2D eigenvalue weighted by atomic mass is 9.96. The lowest BCUT2D eigenvalue weighted by molar-refractivity contribution is 0.102. The number of carbonyl (C=O) groups excluding carboxylic acids is 1. The molecule has 1 heterocycles. The number of fused-ring (bicyclic) bond motifs is 1. The Labute approximate surface area is 209 Å². The Hall–Kier alpha value is -3.80. The van der Waals surface area contributed by atoms with E-state index in [2.05, 4.69) is 76.7 Å². The summed E-state index contributed by atoms with van der Waals surface area (Å²) >= 11 is 1.59. The molecule has 0 radical (unpaired) electrons. The molecule has 35 heavy (non-hydrogen) atoms. The molecule has 0 unspecified atom stereocenters. The van der Waals surface area contributed by atoms with Crippen molar-refractivity contribution in [1.29, 1.82) is 0 Å². The van der Waals surface area contributed by atoms with Crippen LogP contribution >= 0.6 is 11.3 Å². The minimum atomic E-state index is -0.119. The van der Waals surface area contributed by atoms with Gasteiger partial charge in [-0.3, -0.25) is 9.69 Å². The van der Waals surface area contributed by atoms with E-state index in [0.717, 1.165) is 52.2 Å². The molecule has 0 atom stereocenters. The molecule has 0 aliphatic heterocycles. The van der Waals surface area contributed by atoms with E-state index in [-0.39, 0.29) is 5.91 Å². The van der Waals surface area contributed by atoms with Crippen LogP contribution in [0.15, 0.2) is 103 Å². The lowest BCUT2D eigenvalue weighted by Gasteiger charge is -2.23. The Morgan fingerprint density at radius 1 is 0.886 bits per heavy atom. The predicted octanol–water partition coefficient (Wildman–Crippen LogP) is 7.24. The number of aromatic nitrogens is 1. The third-order valence-electron chi connectivity index (χ3n) is 6.13. The van der Waals surface area contributed by atoms with Crippen molar-refractivity contribution in [3.63, 3.8) is 0 Å². The van der Waals surface area contributed by atoms with Crippen LogP contribution in [0, 0.1) is 0 Å². The fourth-order valence-electron chi connectivity index (χ4n) is 4.27. The van der Waals surface area contributed by atoms with Crippen molar-refractivity contribution >= 4 is 33.1 Å². The Morgan fingerprint density at radius 2 is 1.66 bits per heavy atom. The summed E-state index contributed by atoms with van der Waals surface area (Å²) in [4.78, 5) is 19.9. The Bertz CT molecular complexity index is 1430. The standard InChI is InChI=1S/C30H27N3OS/c1-2-33(19-22-9-5-3-6-10-22)20-25-17-24(13-15-27(25)23-11-7-4-8-12-23)30(34)32-26-14-16-29-28(18-26)31-21-35-29/h3-18,21H,2,19-20H2,1H3,(H,32,34). The highest BCUT2D eigenvalue weighted by Crippen LogP contribution is 2.27. The van der Waals surface area contributed by atoms with Gasteiger partial charge >= 0.3 is 0 Å². The molecular weight excluding hydrogens is 450 g/mol. The number of anilines is 1. The van der Waals surface area contributed by atoms with Gasteiger partial charge in [-0.15, -0.1) is 11.3 Å². The van der Waals surface area contributed by atoms with Crippen LogP contribution in [-0.4, -0.2) is 22.3 Å². The van der Waals surface area contributed by atoms with Gasteiger partial charge < -0.3 is 5.32 Å². The third kappa shape index (κ3) is 5.48. The van der Waals surface area contributed by atoms with Gasteiger partial charge in [0, 0.05) is 24.3 Å². The second kappa shape index (κ2) is 10.6. The molecule has 0 bridgehead atoms. The smallest absolute Gasteiger partial charge is 0.255 e. The fraction of sp³-hybridized carbons (Fsp3) is 0.133. The highest BCUT2D eigenvalue weighted by molar-refractivity contribution is 7.16. The molecule has 0 aliphatic rings. The van der Waals surface area contributed by atoms with Crippen LogP contribution < -0.4 is 5.32 Å². The molecule has 0 fully saturated rings.